The molecule has 0 radical (unpaired) electrons. The maximum Gasteiger partial charge on any atom is 0.446 e. The molecule has 9 heteroatoms. The van der Waals surface area contributed by atoms with Crippen molar-refractivity contribution in [2.45, 2.75) is 42.3 Å². The Bertz CT molecular complexity index is 942. The number of alkyl halides is 3. The van der Waals surface area contributed by atoms with Crippen LogP contribution in [0.15, 0.2) is 47.5 Å². The van der Waals surface area contributed by atoms with E-state index in [0.717, 1.165) is 16.2 Å². The molecule has 2 heterocycles. The van der Waals surface area contributed by atoms with E-state index < -0.39 is 17.1 Å². The van der Waals surface area contributed by atoms with Crippen molar-refractivity contribution >= 4 is 29.4 Å². The number of thioether (sulfide) groups is 1. The van der Waals surface area contributed by atoms with E-state index >= 15 is 0 Å². The lowest BCUT2D eigenvalue weighted by Crippen LogP contribution is -2.36. The molecule has 0 unspecified atom stereocenters. The summed E-state index contributed by atoms with van der Waals surface area (Å²) in [5, 5.41) is 0. The number of urea groups is 1. The summed E-state index contributed by atoms with van der Waals surface area (Å²) in [7, 11) is 0. The minimum atomic E-state index is -4.39. The van der Waals surface area contributed by atoms with E-state index in [-0.39, 0.29) is 34.8 Å². The van der Waals surface area contributed by atoms with Crippen LogP contribution in [0.2, 0.25) is 0 Å². The van der Waals surface area contributed by atoms with Gasteiger partial charge in [0.05, 0.1) is 5.69 Å². The summed E-state index contributed by atoms with van der Waals surface area (Å²) in [6.07, 6.45) is 2.82. The molecule has 0 atom stereocenters. The number of carbonyl (C=O) groups is 2. The molecule has 1 spiro atoms. The van der Waals surface area contributed by atoms with Gasteiger partial charge in [-0.05, 0) is 73.5 Å². The lowest BCUT2D eigenvalue weighted by atomic mass is 10.1. The molecule has 1 aliphatic carbocycles. The number of hydrogen-bond acceptors (Lipinski definition) is 4. The first-order valence-corrected chi connectivity index (χ1v) is 9.45. The highest BCUT2D eigenvalue weighted by Gasteiger charge is 2.65. The minimum Gasteiger partial charge on any atom is -0.305 e. The van der Waals surface area contributed by atoms with Gasteiger partial charge < -0.3 is 4.90 Å². The maximum absolute atomic E-state index is 13.0. The molecule has 1 aliphatic heterocycles. The van der Waals surface area contributed by atoms with Gasteiger partial charge >= 0.3 is 11.5 Å². The lowest BCUT2D eigenvalue weighted by molar-refractivity contribution is -0.120. The van der Waals surface area contributed by atoms with Crippen LogP contribution in [0.4, 0.5) is 23.7 Å². The average Bonchev–Trinajstić information content (AvgIpc) is 3.38. The first kappa shape index (κ1) is 18.8. The van der Waals surface area contributed by atoms with Gasteiger partial charge in [0.25, 0.3) is 5.91 Å². The number of benzene rings is 1. The maximum atomic E-state index is 13.0. The van der Waals surface area contributed by atoms with Crippen molar-refractivity contribution in [3.8, 4) is 0 Å². The van der Waals surface area contributed by atoms with E-state index in [1.54, 1.807) is 17.2 Å². The molecule has 146 valence electrons. The summed E-state index contributed by atoms with van der Waals surface area (Å²) in [6.45, 7) is 2.13. The Labute approximate surface area is 163 Å². The van der Waals surface area contributed by atoms with Gasteiger partial charge in [0.1, 0.15) is 5.54 Å². The van der Waals surface area contributed by atoms with Crippen LogP contribution >= 0.6 is 11.8 Å². The third kappa shape index (κ3) is 3.34. The zero-order valence-corrected chi connectivity index (χ0v) is 15.7. The average molecular weight is 407 g/mol. The van der Waals surface area contributed by atoms with Crippen LogP contribution < -0.4 is 4.90 Å². The molecule has 5 nitrogen and oxygen atoms in total. The number of pyridine rings is 1. The molecule has 2 aliphatic rings. The van der Waals surface area contributed by atoms with Crippen molar-refractivity contribution in [1.29, 1.82) is 0 Å². The number of halogens is 3. The normalized spacial score (nSPS) is 18.3. The van der Waals surface area contributed by atoms with Crippen LogP contribution in [0.25, 0.3) is 0 Å². The Kier molecular flexibility index (Phi) is 4.37. The molecular weight excluding hydrogens is 391 g/mol. The predicted molar refractivity (Wildman–Crippen MR) is 97.7 cm³/mol. The van der Waals surface area contributed by atoms with E-state index in [2.05, 4.69) is 4.98 Å². The minimum absolute atomic E-state index is 0.000553. The number of imide groups is 1. The van der Waals surface area contributed by atoms with Crippen LogP contribution in [0.3, 0.4) is 0 Å². The molecule has 1 aromatic heterocycles. The van der Waals surface area contributed by atoms with Crippen LogP contribution in [0.5, 0.6) is 0 Å². The Morgan fingerprint density at radius 3 is 2.39 bits per heavy atom. The molecule has 28 heavy (non-hydrogen) atoms. The summed E-state index contributed by atoms with van der Waals surface area (Å²) in [5.41, 5.74) is -3.26. The van der Waals surface area contributed by atoms with Crippen molar-refractivity contribution in [3.05, 3.63) is 53.9 Å². The molecule has 1 aromatic carbocycles. The van der Waals surface area contributed by atoms with Crippen molar-refractivity contribution in [1.82, 2.24) is 9.88 Å². The number of amides is 3. The van der Waals surface area contributed by atoms with Gasteiger partial charge in [-0.3, -0.25) is 9.78 Å². The summed E-state index contributed by atoms with van der Waals surface area (Å²) in [4.78, 5) is 32.7. The van der Waals surface area contributed by atoms with Crippen LogP contribution in [0.1, 0.15) is 24.1 Å². The van der Waals surface area contributed by atoms with E-state index in [4.69, 9.17) is 0 Å². The first-order valence-electron chi connectivity index (χ1n) is 8.63. The summed E-state index contributed by atoms with van der Waals surface area (Å²) in [6, 6.07) is 8.49. The Morgan fingerprint density at radius 1 is 1.14 bits per heavy atom. The Morgan fingerprint density at radius 2 is 1.82 bits per heavy atom. The molecule has 1 saturated heterocycles. The van der Waals surface area contributed by atoms with E-state index in [0.29, 0.717) is 12.8 Å². The standard InChI is InChI=1S/C19H16F3N3O2S/c1-12-10-13(6-9-23-12)11-24-17(27)25(16(26)18(24)7-8-18)14-2-4-15(5-3-14)28-19(20,21)22/h2-6,9-10H,7-8,11H2,1H3. The van der Waals surface area contributed by atoms with Gasteiger partial charge in [-0.25, -0.2) is 9.69 Å². The van der Waals surface area contributed by atoms with Gasteiger partial charge in [-0.2, -0.15) is 13.2 Å². The Balaban J connectivity index is 1.59. The van der Waals surface area contributed by atoms with Crippen LogP contribution in [-0.4, -0.2) is 32.9 Å². The molecule has 0 N–H and O–H groups in total. The largest absolute Gasteiger partial charge is 0.446 e. The van der Waals surface area contributed by atoms with Crippen LogP contribution in [0, 0.1) is 6.92 Å². The monoisotopic (exact) mass is 407 g/mol. The zero-order chi connectivity index (χ0) is 20.1. The van der Waals surface area contributed by atoms with E-state index in [1.165, 1.54) is 24.3 Å². The van der Waals surface area contributed by atoms with Gasteiger partial charge in [0, 0.05) is 23.3 Å². The number of carbonyl (C=O) groups excluding carboxylic acids is 2. The van der Waals surface area contributed by atoms with Crippen molar-refractivity contribution in [2.24, 2.45) is 0 Å². The SMILES string of the molecule is Cc1cc(CN2C(=O)N(c3ccc(SC(F)(F)F)cc3)C(=O)C23CC3)ccn1. The molecule has 4 rings (SSSR count). The fourth-order valence-corrected chi connectivity index (χ4v) is 3.98. The highest BCUT2D eigenvalue weighted by molar-refractivity contribution is 8.00. The number of anilines is 1. The third-order valence-electron chi connectivity index (χ3n) is 4.89. The molecule has 3 amide bonds. The second-order valence-electron chi connectivity index (χ2n) is 6.89. The quantitative estimate of drug-likeness (QED) is 0.553. The highest BCUT2D eigenvalue weighted by Crippen LogP contribution is 2.50. The number of hydrogen-bond donors (Lipinski definition) is 0. The smallest absolute Gasteiger partial charge is 0.305 e. The zero-order valence-electron chi connectivity index (χ0n) is 14.9. The van der Waals surface area contributed by atoms with E-state index in [1.807, 2.05) is 13.0 Å². The van der Waals surface area contributed by atoms with Gasteiger partial charge in [0.2, 0.25) is 0 Å². The number of aromatic nitrogens is 1. The van der Waals surface area contributed by atoms with Crippen molar-refractivity contribution in [3.63, 3.8) is 0 Å². The molecule has 0 bridgehead atoms. The van der Waals surface area contributed by atoms with Gasteiger partial charge in [-0.15, -0.1) is 0 Å². The summed E-state index contributed by atoms with van der Waals surface area (Å²) < 4.78 is 37.5. The highest BCUT2D eigenvalue weighted by atomic mass is 32.2. The van der Waals surface area contributed by atoms with Crippen molar-refractivity contribution in [2.75, 3.05) is 4.90 Å². The molecule has 2 aromatic rings. The van der Waals surface area contributed by atoms with Crippen LogP contribution in [-0.2, 0) is 11.3 Å². The topological polar surface area (TPSA) is 53.5 Å². The molecule has 1 saturated carbocycles. The second kappa shape index (κ2) is 6.51. The predicted octanol–water partition coefficient (Wildman–Crippen LogP) is 4.50. The molecular formula is C19H16F3N3O2S. The third-order valence-corrected chi connectivity index (χ3v) is 5.63. The van der Waals surface area contributed by atoms with E-state index in [9.17, 15) is 22.8 Å². The lowest BCUT2D eigenvalue weighted by Gasteiger charge is -2.21. The second-order valence-corrected chi connectivity index (χ2v) is 8.03. The van der Waals surface area contributed by atoms with Crippen molar-refractivity contribution < 1.29 is 22.8 Å². The molecule has 2 fully saturated rings. The van der Waals surface area contributed by atoms with Gasteiger partial charge in [-0.1, -0.05) is 0 Å². The number of rotatable bonds is 4. The fraction of sp³-hybridized carbons (Fsp3) is 0.316. The summed E-state index contributed by atoms with van der Waals surface area (Å²) >= 11 is -0.235. The first-order chi connectivity index (χ1) is 13.2. The summed E-state index contributed by atoms with van der Waals surface area (Å²) in [5.74, 6) is -0.320. The number of nitrogens with zero attached hydrogens (tertiary/aromatic N) is 3. The van der Waals surface area contributed by atoms with Gasteiger partial charge in [0.15, 0.2) is 0 Å². The Hall–Kier alpha value is -2.55. The number of aryl methyl sites for hydroxylation is 1. The fourth-order valence-electron chi connectivity index (χ4n) is 3.45.